The van der Waals surface area contributed by atoms with Gasteiger partial charge < -0.3 is 31.3 Å². The van der Waals surface area contributed by atoms with Crippen molar-refractivity contribution in [1.82, 2.24) is 0 Å². The molecule has 2 aromatic carbocycles. The van der Waals surface area contributed by atoms with Crippen molar-refractivity contribution in [3.8, 4) is 0 Å². The van der Waals surface area contributed by atoms with E-state index in [2.05, 4.69) is 21.0 Å². The molecule has 2 aromatic rings. The highest BCUT2D eigenvalue weighted by Crippen LogP contribution is 2.31. The van der Waals surface area contributed by atoms with Gasteiger partial charge >= 0.3 is 5.97 Å². The van der Waals surface area contributed by atoms with Gasteiger partial charge in [0.05, 0.1) is 20.6 Å². The molecular formula is C25H36BrNO3. The number of hydrogen-bond acceptors (Lipinski definition) is 3. The summed E-state index contributed by atoms with van der Waals surface area (Å²) in [5.41, 5.74) is -0.776. The summed E-state index contributed by atoms with van der Waals surface area (Å²) in [5, 5.41) is 11.4. The minimum absolute atomic E-state index is 0. The molecule has 166 valence electrons. The summed E-state index contributed by atoms with van der Waals surface area (Å²) in [7, 11) is 4.32. The van der Waals surface area contributed by atoms with Gasteiger partial charge in [0.2, 0.25) is 5.60 Å². The van der Waals surface area contributed by atoms with Crippen LogP contribution in [0.2, 0.25) is 0 Å². The smallest absolute Gasteiger partial charge is 0.347 e. The van der Waals surface area contributed by atoms with Gasteiger partial charge in [0.1, 0.15) is 13.2 Å². The first kappa shape index (κ1) is 26.3. The number of ether oxygens (including phenoxy) is 1. The highest BCUT2D eigenvalue weighted by atomic mass is 79.9. The fourth-order valence-corrected chi connectivity index (χ4v) is 3.51. The quantitative estimate of drug-likeness (QED) is 0.286. The number of likely N-dealkylation sites (N-methyl/N-ethyl adjacent to an activating group) is 1. The number of carbonyl (C=O) groups excluding carboxylic acids is 1. The van der Waals surface area contributed by atoms with Gasteiger partial charge in [-0.2, -0.15) is 0 Å². The van der Waals surface area contributed by atoms with Gasteiger partial charge in [-0.1, -0.05) is 86.8 Å². The van der Waals surface area contributed by atoms with E-state index in [1.54, 1.807) is 24.3 Å². The molecule has 0 heterocycles. The second-order valence-corrected chi connectivity index (χ2v) is 8.38. The molecule has 0 saturated carbocycles. The Morgan fingerprint density at radius 3 is 1.87 bits per heavy atom. The molecule has 2 rings (SSSR count). The maximum atomic E-state index is 13.0. The molecule has 0 radical (unpaired) electrons. The summed E-state index contributed by atoms with van der Waals surface area (Å²) in [4.78, 5) is 13.0. The summed E-state index contributed by atoms with van der Waals surface area (Å²) >= 11 is 0. The van der Waals surface area contributed by atoms with E-state index in [4.69, 9.17) is 4.74 Å². The average molecular weight is 478 g/mol. The van der Waals surface area contributed by atoms with E-state index in [9.17, 15) is 9.90 Å². The van der Waals surface area contributed by atoms with Crippen molar-refractivity contribution < 1.29 is 36.1 Å². The molecular weight excluding hydrogens is 442 g/mol. The van der Waals surface area contributed by atoms with Crippen molar-refractivity contribution in [3.05, 3.63) is 71.8 Å². The van der Waals surface area contributed by atoms with Crippen molar-refractivity contribution >= 4 is 5.97 Å². The lowest BCUT2D eigenvalue weighted by Crippen LogP contribution is -3.00. The molecule has 4 nitrogen and oxygen atoms in total. The Morgan fingerprint density at radius 2 is 1.37 bits per heavy atom. The molecule has 0 atom stereocenters. The van der Waals surface area contributed by atoms with Crippen molar-refractivity contribution in [2.24, 2.45) is 0 Å². The minimum atomic E-state index is -1.81. The topological polar surface area (TPSA) is 46.5 Å². The fraction of sp³-hybridized carbons (Fsp3) is 0.480. The van der Waals surface area contributed by atoms with E-state index in [0.717, 1.165) is 17.6 Å². The van der Waals surface area contributed by atoms with Crippen LogP contribution in [0.25, 0.3) is 0 Å². The third-order valence-corrected chi connectivity index (χ3v) is 5.48. The molecule has 1 N–H and O–H groups in total. The minimum Gasteiger partial charge on any atom is -1.00 e. The number of esters is 1. The summed E-state index contributed by atoms with van der Waals surface area (Å²) in [6.07, 6.45) is 6.26. The number of benzene rings is 2. The molecule has 5 heteroatoms. The normalized spacial score (nSPS) is 11.6. The van der Waals surface area contributed by atoms with Crippen molar-refractivity contribution in [1.29, 1.82) is 0 Å². The monoisotopic (exact) mass is 477 g/mol. The summed E-state index contributed by atoms with van der Waals surface area (Å²) < 4.78 is 6.39. The lowest BCUT2D eigenvalue weighted by Gasteiger charge is -2.31. The van der Waals surface area contributed by atoms with Gasteiger partial charge in [0.25, 0.3) is 0 Å². The zero-order valence-corrected chi connectivity index (χ0v) is 20.1. The average Bonchev–Trinajstić information content (AvgIpc) is 2.74. The lowest BCUT2D eigenvalue weighted by molar-refractivity contribution is -0.890. The summed E-state index contributed by atoms with van der Waals surface area (Å²) in [5.74, 6) is -0.627. The van der Waals surface area contributed by atoms with Crippen molar-refractivity contribution in [3.63, 3.8) is 0 Å². The van der Waals surface area contributed by atoms with Crippen LogP contribution in [0.15, 0.2) is 60.7 Å². The summed E-state index contributed by atoms with van der Waals surface area (Å²) in [6, 6.07) is 18.0. The first-order chi connectivity index (χ1) is 13.9. The van der Waals surface area contributed by atoms with Gasteiger partial charge in [0, 0.05) is 0 Å². The molecule has 0 unspecified atom stereocenters. The predicted molar refractivity (Wildman–Crippen MR) is 117 cm³/mol. The molecule has 0 spiro atoms. The summed E-state index contributed by atoms with van der Waals surface area (Å²) in [6.45, 7) is 4.28. The number of aliphatic hydroxyl groups is 1. The fourth-order valence-electron chi connectivity index (χ4n) is 3.51. The van der Waals surface area contributed by atoms with Crippen LogP contribution in [0.5, 0.6) is 0 Å². The Morgan fingerprint density at radius 1 is 0.867 bits per heavy atom. The number of nitrogens with zero attached hydrogens (tertiary/aromatic N) is 1. The van der Waals surface area contributed by atoms with Gasteiger partial charge in [-0.25, -0.2) is 4.79 Å². The number of rotatable bonds is 12. The first-order valence-electron chi connectivity index (χ1n) is 10.7. The molecule has 0 aliphatic rings. The van der Waals surface area contributed by atoms with E-state index >= 15 is 0 Å². The Labute approximate surface area is 192 Å². The first-order valence-corrected chi connectivity index (χ1v) is 10.7. The molecule has 0 aliphatic heterocycles. The van der Waals surface area contributed by atoms with Crippen LogP contribution in [0.3, 0.4) is 0 Å². The number of unbranched alkanes of at least 4 members (excludes halogenated alkanes) is 4. The Balaban J connectivity index is 0.00000450. The van der Waals surface area contributed by atoms with E-state index in [-0.39, 0.29) is 23.6 Å². The van der Waals surface area contributed by atoms with Gasteiger partial charge in [-0.05, 0) is 24.0 Å². The predicted octanol–water partition coefficient (Wildman–Crippen LogP) is 1.52. The van der Waals surface area contributed by atoms with Crippen LogP contribution in [0.1, 0.15) is 50.2 Å². The molecule has 0 fully saturated rings. The molecule has 0 aromatic heterocycles. The zero-order chi connectivity index (χ0) is 21.2. The van der Waals surface area contributed by atoms with Gasteiger partial charge in [-0.3, -0.25) is 0 Å². The number of hydrogen-bond donors (Lipinski definition) is 1. The van der Waals surface area contributed by atoms with Crippen LogP contribution in [0, 0.1) is 0 Å². The second kappa shape index (κ2) is 12.9. The number of carbonyl (C=O) groups is 1. The number of quaternary nitrogens is 1. The lowest BCUT2D eigenvalue weighted by atomic mass is 9.86. The Bertz CT molecular complexity index is 695. The van der Waals surface area contributed by atoms with Crippen LogP contribution >= 0.6 is 0 Å². The molecule has 0 amide bonds. The van der Waals surface area contributed by atoms with E-state index in [1.165, 1.54) is 32.1 Å². The third-order valence-electron chi connectivity index (χ3n) is 5.48. The van der Waals surface area contributed by atoms with E-state index < -0.39 is 11.6 Å². The second-order valence-electron chi connectivity index (χ2n) is 8.38. The highest BCUT2D eigenvalue weighted by Gasteiger charge is 2.41. The molecule has 0 bridgehead atoms. The van der Waals surface area contributed by atoms with Gasteiger partial charge in [0.15, 0.2) is 0 Å². The van der Waals surface area contributed by atoms with Crippen molar-refractivity contribution in [2.75, 3.05) is 33.8 Å². The van der Waals surface area contributed by atoms with E-state index in [1.807, 2.05) is 36.4 Å². The Kier molecular flexibility index (Phi) is 11.3. The molecule has 0 saturated heterocycles. The van der Waals surface area contributed by atoms with E-state index in [0.29, 0.717) is 11.1 Å². The Hall–Kier alpha value is -1.69. The van der Waals surface area contributed by atoms with Crippen LogP contribution in [-0.4, -0.2) is 49.4 Å². The standard InChI is InChI=1S/C25H36NO3.BrH/c1-4-5-6-7-14-19-26(2,3)20-21-29-24(27)25(28,22-15-10-8-11-16-22)23-17-12-9-13-18-23;/h8-13,15-18,28H,4-7,14,19-21H2,1-3H3;1H/q+1;/p-1. The van der Waals surface area contributed by atoms with Gasteiger partial charge in [-0.15, -0.1) is 0 Å². The zero-order valence-electron chi connectivity index (χ0n) is 18.5. The van der Waals surface area contributed by atoms with Crippen molar-refractivity contribution in [2.45, 2.75) is 44.6 Å². The maximum absolute atomic E-state index is 13.0. The largest absolute Gasteiger partial charge is 1.00 e. The molecule has 0 aliphatic carbocycles. The number of halogens is 1. The highest BCUT2D eigenvalue weighted by molar-refractivity contribution is 5.85. The SMILES string of the molecule is CCCCCCC[N+](C)(C)CCOC(=O)C(O)(c1ccccc1)c1ccccc1.[Br-]. The van der Waals surface area contributed by atoms with Crippen LogP contribution in [0.4, 0.5) is 0 Å². The third kappa shape index (κ3) is 7.53. The maximum Gasteiger partial charge on any atom is 0.347 e. The van der Waals surface area contributed by atoms with Crippen LogP contribution < -0.4 is 17.0 Å². The van der Waals surface area contributed by atoms with Crippen LogP contribution in [-0.2, 0) is 15.1 Å². The molecule has 30 heavy (non-hydrogen) atoms.